The summed E-state index contributed by atoms with van der Waals surface area (Å²) >= 11 is 12.2. The lowest BCUT2D eigenvalue weighted by atomic mass is 10.1. The van der Waals surface area contributed by atoms with Gasteiger partial charge >= 0.3 is 0 Å². The van der Waals surface area contributed by atoms with Crippen LogP contribution >= 0.6 is 23.2 Å². The first-order valence-electron chi connectivity index (χ1n) is 6.45. The number of nitrogen functional groups attached to an aromatic ring is 1. The number of nitrogens with two attached hydrogens (primary N) is 1. The third kappa shape index (κ3) is 3.65. The van der Waals surface area contributed by atoms with Crippen LogP contribution < -0.4 is 16.2 Å². The van der Waals surface area contributed by atoms with E-state index in [0.29, 0.717) is 28.3 Å². The van der Waals surface area contributed by atoms with E-state index in [1.807, 2.05) is 0 Å². The third-order valence-corrected chi connectivity index (χ3v) is 3.80. The molecule has 2 heterocycles. The zero-order valence-electron chi connectivity index (χ0n) is 11.0. The second-order valence-electron chi connectivity index (χ2n) is 4.55. The molecule has 20 heavy (non-hydrogen) atoms. The summed E-state index contributed by atoms with van der Waals surface area (Å²) in [6.45, 7) is 2.01. The van der Waals surface area contributed by atoms with Crippen molar-refractivity contribution in [2.75, 3.05) is 36.6 Å². The Morgan fingerprint density at radius 3 is 2.70 bits per heavy atom. The first kappa shape index (κ1) is 15.6. The van der Waals surface area contributed by atoms with Crippen molar-refractivity contribution in [3.05, 3.63) is 16.1 Å². The number of piperidine rings is 1. The van der Waals surface area contributed by atoms with E-state index in [0.717, 1.165) is 25.9 Å². The molecule has 0 amide bonds. The highest BCUT2D eigenvalue weighted by molar-refractivity contribution is 6.37. The number of anilines is 2. The number of aliphatic hydroxyl groups excluding tert-OH is 1. The number of ether oxygens (including phenoxy) is 1. The van der Waals surface area contributed by atoms with Crippen LogP contribution in [0, 0.1) is 0 Å². The number of halogens is 2. The summed E-state index contributed by atoms with van der Waals surface area (Å²) in [6, 6.07) is 1.63. The lowest BCUT2D eigenvalue weighted by Crippen LogP contribution is -2.38. The van der Waals surface area contributed by atoms with Gasteiger partial charge in [0, 0.05) is 13.1 Å². The Kier molecular flexibility index (Phi) is 5.68. The van der Waals surface area contributed by atoms with E-state index in [1.165, 1.54) is 0 Å². The van der Waals surface area contributed by atoms with Crippen LogP contribution in [-0.4, -0.2) is 42.5 Å². The van der Waals surface area contributed by atoms with E-state index in [4.69, 9.17) is 38.9 Å². The molecule has 1 fully saturated rings. The smallest absolute Gasteiger partial charge is 0.161 e. The number of hydrazine groups is 1. The molecule has 0 radical (unpaired) electrons. The van der Waals surface area contributed by atoms with Crippen molar-refractivity contribution in [3.63, 3.8) is 0 Å². The predicted molar refractivity (Wildman–Crippen MR) is 80.3 cm³/mol. The first-order chi connectivity index (χ1) is 9.65. The van der Waals surface area contributed by atoms with Crippen molar-refractivity contribution in [2.24, 2.45) is 5.84 Å². The van der Waals surface area contributed by atoms with E-state index in [9.17, 15) is 0 Å². The Morgan fingerprint density at radius 1 is 1.40 bits per heavy atom. The Bertz CT molecular complexity index is 453. The lowest BCUT2D eigenvalue weighted by Gasteiger charge is -2.33. The molecular weight excluding hydrogens is 303 g/mol. The van der Waals surface area contributed by atoms with Gasteiger partial charge in [-0.15, -0.1) is 0 Å². The third-order valence-electron chi connectivity index (χ3n) is 3.23. The number of pyridine rings is 1. The van der Waals surface area contributed by atoms with E-state index >= 15 is 0 Å². The summed E-state index contributed by atoms with van der Waals surface area (Å²) in [7, 11) is 0. The van der Waals surface area contributed by atoms with Crippen LogP contribution in [0.5, 0.6) is 0 Å². The molecule has 112 valence electrons. The molecule has 0 unspecified atom stereocenters. The van der Waals surface area contributed by atoms with Crippen LogP contribution in [0.25, 0.3) is 0 Å². The van der Waals surface area contributed by atoms with Gasteiger partial charge in [-0.25, -0.2) is 10.8 Å². The normalized spacial score (nSPS) is 16.5. The summed E-state index contributed by atoms with van der Waals surface area (Å²) in [6.07, 6.45) is 1.91. The minimum absolute atomic E-state index is 0.0519. The largest absolute Gasteiger partial charge is 0.394 e. The summed E-state index contributed by atoms with van der Waals surface area (Å²) in [5, 5.41) is 9.65. The second kappa shape index (κ2) is 7.28. The summed E-state index contributed by atoms with van der Waals surface area (Å²) < 4.78 is 5.53. The summed E-state index contributed by atoms with van der Waals surface area (Å²) in [4.78, 5) is 6.43. The molecule has 1 aliphatic heterocycles. The number of aromatic nitrogens is 1. The van der Waals surface area contributed by atoms with Crippen molar-refractivity contribution < 1.29 is 9.84 Å². The number of nitrogens with one attached hydrogen (secondary N) is 1. The van der Waals surface area contributed by atoms with Crippen molar-refractivity contribution >= 4 is 34.8 Å². The maximum Gasteiger partial charge on any atom is 0.161 e. The molecule has 0 saturated carbocycles. The van der Waals surface area contributed by atoms with Crippen molar-refractivity contribution in [2.45, 2.75) is 18.9 Å². The fourth-order valence-electron chi connectivity index (χ4n) is 2.23. The molecule has 4 N–H and O–H groups in total. The minimum atomic E-state index is 0.0519. The Morgan fingerprint density at radius 2 is 2.10 bits per heavy atom. The van der Waals surface area contributed by atoms with E-state index in [-0.39, 0.29) is 12.7 Å². The van der Waals surface area contributed by atoms with Crippen LogP contribution in [0.4, 0.5) is 11.6 Å². The molecule has 1 aromatic heterocycles. The van der Waals surface area contributed by atoms with Gasteiger partial charge in [0.05, 0.1) is 29.4 Å². The van der Waals surface area contributed by atoms with Gasteiger partial charge in [-0.2, -0.15) is 0 Å². The number of nitrogens with zero attached hydrogens (tertiary/aromatic N) is 2. The molecule has 0 atom stereocenters. The van der Waals surface area contributed by atoms with Gasteiger partial charge in [0.25, 0.3) is 0 Å². The van der Waals surface area contributed by atoms with Crippen LogP contribution in [0.15, 0.2) is 6.07 Å². The highest BCUT2D eigenvalue weighted by Crippen LogP contribution is 2.32. The van der Waals surface area contributed by atoms with Crippen molar-refractivity contribution in [1.29, 1.82) is 0 Å². The van der Waals surface area contributed by atoms with Crippen molar-refractivity contribution in [3.8, 4) is 0 Å². The lowest BCUT2D eigenvalue weighted by molar-refractivity contribution is 0.0158. The zero-order chi connectivity index (χ0) is 14.5. The number of aliphatic hydroxyl groups is 1. The van der Waals surface area contributed by atoms with Gasteiger partial charge in [0.15, 0.2) is 5.82 Å². The Balaban J connectivity index is 2.03. The molecule has 2 rings (SSSR count). The Hall–Kier alpha value is -0.790. The van der Waals surface area contributed by atoms with Gasteiger partial charge in [0.1, 0.15) is 5.82 Å². The second-order valence-corrected chi connectivity index (χ2v) is 5.36. The fourth-order valence-corrected chi connectivity index (χ4v) is 2.77. The molecule has 0 bridgehead atoms. The van der Waals surface area contributed by atoms with Crippen LogP contribution in [0.2, 0.25) is 10.0 Å². The number of rotatable bonds is 5. The summed E-state index contributed by atoms with van der Waals surface area (Å²) in [5.74, 6) is 6.45. The van der Waals surface area contributed by atoms with Crippen molar-refractivity contribution in [1.82, 2.24) is 4.98 Å². The van der Waals surface area contributed by atoms with Gasteiger partial charge in [-0.3, -0.25) is 0 Å². The molecule has 1 aliphatic rings. The van der Waals surface area contributed by atoms with Crippen LogP contribution in [0.1, 0.15) is 12.8 Å². The van der Waals surface area contributed by atoms with Crippen LogP contribution in [-0.2, 0) is 4.74 Å². The standard InChI is InChI=1S/C12H18Cl2N4O2/c13-9-7-10(14)12(16-11(9)17-15)18-3-1-8(2-4-18)20-6-5-19/h7-8,19H,1-6,15H2,(H,16,17). The Labute approximate surface area is 127 Å². The van der Waals surface area contributed by atoms with E-state index in [1.54, 1.807) is 6.07 Å². The van der Waals surface area contributed by atoms with Gasteiger partial charge in [-0.05, 0) is 18.9 Å². The minimum Gasteiger partial charge on any atom is -0.394 e. The highest BCUT2D eigenvalue weighted by Gasteiger charge is 2.23. The topological polar surface area (TPSA) is 83.6 Å². The SMILES string of the molecule is NNc1nc(N2CCC(OCCO)CC2)c(Cl)cc1Cl. The van der Waals surface area contributed by atoms with Crippen LogP contribution in [0.3, 0.4) is 0 Å². The van der Waals surface area contributed by atoms with Gasteiger partial charge in [-0.1, -0.05) is 23.2 Å². The average molecular weight is 321 g/mol. The number of hydrogen-bond donors (Lipinski definition) is 3. The van der Waals surface area contributed by atoms with Gasteiger partial charge in [0.2, 0.25) is 0 Å². The first-order valence-corrected chi connectivity index (χ1v) is 7.21. The maximum atomic E-state index is 8.75. The van der Waals surface area contributed by atoms with E-state index < -0.39 is 0 Å². The molecule has 0 spiro atoms. The molecule has 1 saturated heterocycles. The maximum absolute atomic E-state index is 8.75. The molecule has 0 aromatic carbocycles. The van der Waals surface area contributed by atoms with Gasteiger partial charge < -0.3 is 20.2 Å². The predicted octanol–water partition coefficient (Wildman–Crippen LogP) is 1.65. The molecule has 6 nitrogen and oxygen atoms in total. The molecule has 0 aliphatic carbocycles. The summed E-state index contributed by atoms with van der Waals surface area (Å²) in [5.41, 5.74) is 2.46. The number of hydrogen-bond acceptors (Lipinski definition) is 6. The van der Waals surface area contributed by atoms with E-state index in [2.05, 4.69) is 15.3 Å². The highest BCUT2D eigenvalue weighted by atomic mass is 35.5. The molecular formula is C12H18Cl2N4O2. The fraction of sp³-hybridized carbons (Fsp3) is 0.583. The molecule has 1 aromatic rings. The quantitative estimate of drug-likeness (QED) is 0.565. The average Bonchev–Trinajstić information content (AvgIpc) is 2.46. The monoisotopic (exact) mass is 320 g/mol. The molecule has 8 heteroatoms. The zero-order valence-corrected chi connectivity index (χ0v) is 12.5.